The topological polar surface area (TPSA) is 46.3 Å². The highest BCUT2D eigenvalue weighted by Crippen LogP contribution is 2.29. The molecule has 104 valence electrons. The molecule has 3 heteroatoms. The number of rotatable bonds is 6. The van der Waals surface area contributed by atoms with Crippen LogP contribution in [0, 0.1) is 6.92 Å². The SMILES string of the molecule is Cc1ccc(CN(C(=O)CCC(C)N)C2CC2)cc1. The van der Waals surface area contributed by atoms with Gasteiger partial charge in [-0.25, -0.2) is 0 Å². The maximum atomic E-state index is 12.3. The summed E-state index contributed by atoms with van der Waals surface area (Å²) in [7, 11) is 0. The molecule has 19 heavy (non-hydrogen) atoms. The summed E-state index contributed by atoms with van der Waals surface area (Å²) in [4.78, 5) is 14.3. The normalized spacial score (nSPS) is 16.2. The first-order valence-electron chi connectivity index (χ1n) is 7.17. The van der Waals surface area contributed by atoms with Crippen molar-refractivity contribution in [1.82, 2.24) is 4.90 Å². The Balaban J connectivity index is 1.96. The molecule has 1 aromatic carbocycles. The fourth-order valence-corrected chi connectivity index (χ4v) is 2.19. The molecule has 0 radical (unpaired) electrons. The number of carbonyl (C=O) groups excluding carboxylic acids is 1. The van der Waals surface area contributed by atoms with Crippen molar-refractivity contribution in [3.05, 3.63) is 35.4 Å². The number of amides is 1. The Hall–Kier alpha value is -1.35. The van der Waals surface area contributed by atoms with Crippen molar-refractivity contribution in [1.29, 1.82) is 0 Å². The summed E-state index contributed by atoms with van der Waals surface area (Å²) in [6.07, 6.45) is 3.64. The quantitative estimate of drug-likeness (QED) is 0.854. The highest BCUT2D eigenvalue weighted by atomic mass is 16.2. The second-order valence-electron chi connectivity index (χ2n) is 5.75. The second-order valence-corrected chi connectivity index (χ2v) is 5.75. The van der Waals surface area contributed by atoms with Crippen LogP contribution >= 0.6 is 0 Å². The number of aryl methyl sites for hydroxylation is 1. The molecule has 3 nitrogen and oxygen atoms in total. The zero-order chi connectivity index (χ0) is 13.8. The predicted octanol–water partition coefficient (Wildman–Crippen LogP) is 2.61. The van der Waals surface area contributed by atoms with Gasteiger partial charge >= 0.3 is 0 Å². The van der Waals surface area contributed by atoms with Crippen LogP contribution in [0.15, 0.2) is 24.3 Å². The largest absolute Gasteiger partial charge is 0.335 e. The van der Waals surface area contributed by atoms with Crippen LogP contribution < -0.4 is 5.73 Å². The van der Waals surface area contributed by atoms with Crippen molar-refractivity contribution in [3.63, 3.8) is 0 Å². The van der Waals surface area contributed by atoms with E-state index in [0.29, 0.717) is 12.5 Å². The van der Waals surface area contributed by atoms with Crippen LogP contribution in [-0.2, 0) is 11.3 Å². The van der Waals surface area contributed by atoms with Crippen molar-refractivity contribution in [3.8, 4) is 0 Å². The first kappa shape index (κ1) is 14.1. The van der Waals surface area contributed by atoms with Gasteiger partial charge in [-0.05, 0) is 38.7 Å². The molecular formula is C16H24N2O. The van der Waals surface area contributed by atoms with Gasteiger partial charge in [-0.3, -0.25) is 4.79 Å². The third kappa shape index (κ3) is 4.35. The van der Waals surface area contributed by atoms with E-state index in [-0.39, 0.29) is 11.9 Å². The van der Waals surface area contributed by atoms with E-state index in [1.165, 1.54) is 11.1 Å². The van der Waals surface area contributed by atoms with Crippen LogP contribution in [-0.4, -0.2) is 22.9 Å². The Kier molecular flexibility index (Phi) is 4.59. The molecule has 0 bridgehead atoms. The molecule has 1 saturated carbocycles. The Morgan fingerprint density at radius 2 is 2.00 bits per heavy atom. The summed E-state index contributed by atoms with van der Waals surface area (Å²) in [6, 6.07) is 9.00. The molecule has 2 rings (SSSR count). The molecule has 1 aromatic rings. The molecule has 0 aromatic heterocycles. The Morgan fingerprint density at radius 3 is 2.53 bits per heavy atom. The molecule has 1 aliphatic carbocycles. The van der Waals surface area contributed by atoms with Crippen LogP contribution in [0.2, 0.25) is 0 Å². The van der Waals surface area contributed by atoms with Crippen LogP contribution in [0.25, 0.3) is 0 Å². The summed E-state index contributed by atoms with van der Waals surface area (Å²) >= 11 is 0. The highest BCUT2D eigenvalue weighted by molar-refractivity contribution is 5.77. The standard InChI is InChI=1S/C16H24N2O/c1-12-3-6-14(7-4-12)11-18(15-8-9-15)16(19)10-5-13(2)17/h3-4,6-7,13,15H,5,8-11,17H2,1-2H3. The average Bonchev–Trinajstić information content (AvgIpc) is 3.19. The third-order valence-electron chi connectivity index (χ3n) is 3.60. The fourth-order valence-electron chi connectivity index (χ4n) is 2.19. The Morgan fingerprint density at radius 1 is 1.37 bits per heavy atom. The highest BCUT2D eigenvalue weighted by Gasteiger charge is 2.32. The third-order valence-corrected chi connectivity index (χ3v) is 3.60. The minimum absolute atomic E-state index is 0.101. The summed E-state index contributed by atoms with van der Waals surface area (Å²) in [5, 5.41) is 0. The molecule has 1 atom stereocenters. The molecule has 1 amide bonds. The van der Waals surface area contributed by atoms with Crippen LogP contribution in [0.5, 0.6) is 0 Å². The molecule has 1 fully saturated rings. The van der Waals surface area contributed by atoms with E-state index in [2.05, 4.69) is 31.2 Å². The Bertz CT molecular complexity index is 421. The monoisotopic (exact) mass is 260 g/mol. The lowest BCUT2D eigenvalue weighted by Gasteiger charge is -2.23. The van der Waals surface area contributed by atoms with Gasteiger partial charge < -0.3 is 10.6 Å². The lowest BCUT2D eigenvalue weighted by Crippen LogP contribution is -2.33. The average molecular weight is 260 g/mol. The lowest BCUT2D eigenvalue weighted by atomic mass is 10.1. The zero-order valence-corrected chi connectivity index (χ0v) is 11.9. The van der Waals surface area contributed by atoms with Crippen molar-refractivity contribution in [2.75, 3.05) is 0 Å². The molecule has 1 aliphatic rings. The maximum absolute atomic E-state index is 12.3. The summed E-state index contributed by atoms with van der Waals surface area (Å²) < 4.78 is 0. The van der Waals surface area contributed by atoms with Crippen LogP contribution in [0.4, 0.5) is 0 Å². The van der Waals surface area contributed by atoms with Crippen molar-refractivity contribution >= 4 is 5.91 Å². The maximum Gasteiger partial charge on any atom is 0.223 e. The number of nitrogens with zero attached hydrogens (tertiary/aromatic N) is 1. The van der Waals surface area contributed by atoms with Gasteiger partial charge in [0.15, 0.2) is 0 Å². The van der Waals surface area contributed by atoms with Crippen molar-refractivity contribution in [2.45, 2.75) is 58.2 Å². The minimum Gasteiger partial charge on any atom is -0.335 e. The zero-order valence-electron chi connectivity index (χ0n) is 11.9. The second kappa shape index (κ2) is 6.20. The van der Waals surface area contributed by atoms with Gasteiger partial charge in [0.2, 0.25) is 5.91 Å². The number of hydrogen-bond donors (Lipinski definition) is 1. The molecule has 1 unspecified atom stereocenters. The number of hydrogen-bond acceptors (Lipinski definition) is 2. The van der Waals surface area contributed by atoms with Crippen molar-refractivity contribution in [2.24, 2.45) is 5.73 Å². The van der Waals surface area contributed by atoms with E-state index in [4.69, 9.17) is 5.73 Å². The van der Waals surface area contributed by atoms with Crippen LogP contribution in [0.1, 0.15) is 43.7 Å². The van der Waals surface area contributed by atoms with Gasteiger partial charge in [0, 0.05) is 25.0 Å². The van der Waals surface area contributed by atoms with Crippen LogP contribution in [0.3, 0.4) is 0 Å². The number of carbonyl (C=O) groups is 1. The van der Waals surface area contributed by atoms with Gasteiger partial charge in [-0.2, -0.15) is 0 Å². The molecule has 0 aliphatic heterocycles. The Labute approximate surface area is 115 Å². The fraction of sp³-hybridized carbons (Fsp3) is 0.562. The summed E-state index contributed by atoms with van der Waals surface area (Å²) in [6.45, 7) is 4.77. The molecule has 0 saturated heterocycles. The van der Waals surface area contributed by atoms with E-state index in [9.17, 15) is 4.79 Å². The van der Waals surface area contributed by atoms with E-state index in [1.54, 1.807) is 0 Å². The van der Waals surface area contributed by atoms with E-state index >= 15 is 0 Å². The summed E-state index contributed by atoms with van der Waals surface area (Å²) in [5.41, 5.74) is 8.20. The first-order chi connectivity index (χ1) is 9.06. The van der Waals surface area contributed by atoms with Gasteiger partial charge in [-0.15, -0.1) is 0 Å². The van der Waals surface area contributed by atoms with Gasteiger partial charge in [0.05, 0.1) is 0 Å². The van der Waals surface area contributed by atoms with Gasteiger partial charge in [0.1, 0.15) is 0 Å². The molecule has 2 N–H and O–H groups in total. The van der Waals surface area contributed by atoms with Gasteiger partial charge in [-0.1, -0.05) is 29.8 Å². The molecule has 0 spiro atoms. The number of benzene rings is 1. The lowest BCUT2D eigenvalue weighted by molar-refractivity contribution is -0.132. The van der Waals surface area contributed by atoms with E-state index in [1.807, 2.05) is 11.8 Å². The van der Waals surface area contributed by atoms with E-state index in [0.717, 1.165) is 25.8 Å². The first-order valence-corrected chi connectivity index (χ1v) is 7.17. The summed E-state index contributed by atoms with van der Waals surface area (Å²) in [5.74, 6) is 0.250. The van der Waals surface area contributed by atoms with Crippen molar-refractivity contribution < 1.29 is 4.79 Å². The predicted molar refractivity (Wildman–Crippen MR) is 77.6 cm³/mol. The number of nitrogens with two attached hydrogens (primary N) is 1. The molecular weight excluding hydrogens is 236 g/mol. The van der Waals surface area contributed by atoms with Gasteiger partial charge in [0.25, 0.3) is 0 Å². The smallest absolute Gasteiger partial charge is 0.223 e. The minimum atomic E-state index is 0.101. The van der Waals surface area contributed by atoms with E-state index < -0.39 is 0 Å². The molecule has 0 heterocycles.